The van der Waals surface area contributed by atoms with Gasteiger partial charge < -0.3 is 15.8 Å². The molecule has 1 aromatic carbocycles. The monoisotopic (exact) mass is 296 g/mol. The second kappa shape index (κ2) is 8.04. The number of nitrogens with two attached hydrogens (primary N) is 1. The Morgan fingerprint density at radius 2 is 2.15 bits per heavy atom. The van der Waals surface area contributed by atoms with Crippen molar-refractivity contribution in [2.45, 2.75) is 32.4 Å². The summed E-state index contributed by atoms with van der Waals surface area (Å²) in [4.78, 5) is 12.1. The maximum atomic E-state index is 12.1. The predicted molar refractivity (Wildman–Crippen MR) is 87.4 cm³/mol. The third-order valence-corrected chi connectivity index (χ3v) is 4.69. The van der Waals surface area contributed by atoms with Crippen LogP contribution in [0.2, 0.25) is 0 Å². The molecular weight excluding hydrogens is 272 g/mol. The molecule has 1 rings (SSSR count). The number of nitrogens with one attached hydrogen (secondary N) is 1. The van der Waals surface area contributed by atoms with Gasteiger partial charge in [-0.3, -0.25) is 4.79 Å². The molecule has 20 heavy (non-hydrogen) atoms. The van der Waals surface area contributed by atoms with Crippen molar-refractivity contribution in [1.82, 2.24) is 0 Å². The first-order valence-electron chi connectivity index (χ1n) is 6.83. The molecule has 0 radical (unpaired) electrons. The van der Waals surface area contributed by atoms with Crippen LogP contribution in [-0.2, 0) is 4.79 Å². The summed E-state index contributed by atoms with van der Waals surface area (Å²) in [6.45, 7) is 6.27. The van der Waals surface area contributed by atoms with Crippen molar-refractivity contribution in [3.63, 3.8) is 0 Å². The average molecular weight is 296 g/mol. The van der Waals surface area contributed by atoms with E-state index in [0.717, 1.165) is 12.2 Å². The number of thioether (sulfide) groups is 1. The van der Waals surface area contributed by atoms with E-state index in [1.165, 1.54) is 0 Å². The van der Waals surface area contributed by atoms with Crippen molar-refractivity contribution in [1.29, 1.82) is 0 Å². The van der Waals surface area contributed by atoms with Gasteiger partial charge in [0.05, 0.1) is 23.7 Å². The Labute approximate surface area is 125 Å². The first-order chi connectivity index (χ1) is 9.47. The number of carbonyl (C=O) groups excluding carboxylic acids is 1. The zero-order chi connectivity index (χ0) is 15.1. The fraction of sp³-hybridized carbons (Fsp3) is 0.533. The Kier molecular flexibility index (Phi) is 6.71. The van der Waals surface area contributed by atoms with E-state index in [0.29, 0.717) is 23.0 Å². The number of amides is 1. The van der Waals surface area contributed by atoms with E-state index in [1.807, 2.05) is 6.92 Å². The Morgan fingerprint density at radius 3 is 2.70 bits per heavy atom. The van der Waals surface area contributed by atoms with Crippen LogP contribution in [0.1, 0.15) is 27.2 Å². The van der Waals surface area contributed by atoms with Crippen LogP contribution in [0, 0.1) is 5.92 Å². The average Bonchev–Trinajstić information content (AvgIpc) is 2.46. The van der Waals surface area contributed by atoms with E-state index in [2.05, 4.69) is 19.2 Å². The van der Waals surface area contributed by atoms with Crippen molar-refractivity contribution in [3.8, 4) is 5.75 Å². The summed E-state index contributed by atoms with van der Waals surface area (Å²) >= 11 is 1.67. The van der Waals surface area contributed by atoms with Crippen LogP contribution in [0.15, 0.2) is 18.2 Å². The largest absolute Gasteiger partial charge is 0.497 e. The van der Waals surface area contributed by atoms with Gasteiger partial charge in [0.25, 0.3) is 0 Å². The van der Waals surface area contributed by atoms with Crippen molar-refractivity contribution in [2.75, 3.05) is 23.9 Å². The molecule has 2 atom stereocenters. The lowest BCUT2D eigenvalue weighted by Gasteiger charge is -2.15. The third-order valence-electron chi connectivity index (χ3n) is 3.21. The fourth-order valence-corrected chi connectivity index (χ4v) is 2.58. The second-order valence-electron chi connectivity index (χ2n) is 4.93. The van der Waals surface area contributed by atoms with Crippen molar-refractivity contribution in [3.05, 3.63) is 18.2 Å². The van der Waals surface area contributed by atoms with Crippen LogP contribution in [0.3, 0.4) is 0 Å². The summed E-state index contributed by atoms with van der Waals surface area (Å²) in [5, 5.41) is 2.77. The normalized spacial score (nSPS) is 13.6. The number of rotatable bonds is 7. The number of methoxy groups -OCH3 is 1. The molecule has 0 fully saturated rings. The number of nitrogen functional groups attached to an aromatic ring is 1. The summed E-state index contributed by atoms with van der Waals surface area (Å²) < 4.78 is 5.08. The van der Waals surface area contributed by atoms with Gasteiger partial charge in [0, 0.05) is 6.07 Å². The van der Waals surface area contributed by atoms with E-state index in [9.17, 15) is 4.79 Å². The molecular formula is C15H24N2O2S. The SMILES string of the molecule is CCC(C)CSC(C)C(=O)Nc1ccc(OC)cc1N. The molecule has 0 aliphatic heterocycles. The number of benzene rings is 1. The highest BCUT2D eigenvalue weighted by atomic mass is 32.2. The van der Waals surface area contributed by atoms with E-state index in [1.54, 1.807) is 37.1 Å². The topological polar surface area (TPSA) is 64.3 Å². The standard InChI is InChI=1S/C15H24N2O2S/c1-5-10(2)9-20-11(3)15(18)17-14-7-6-12(19-4)8-13(14)16/h6-8,10-11H,5,9,16H2,1-4H3,(H,17,18). The maximum absolute atomic E-state index is 12.1. The van der Waals surface area contributed by atoms with Gasteiger partial charge in [-0.1, -0.05) is 20.3 Å². The van der Waals surface area contributed by atoms with Gasteiger partial charge in [-0.15, -0.1) is 11.8 Å². The van der Waals surface area contributed by atoms with Crippen LogP contribution >= 0.6 is 11.8 Å². The molecule has 0 heterocycles. The lowest BCUT2D eigenvalue weighted by atomic mass is 10.2. The number of ether oxygens (including phenoxy) is 1. The quantitative estimate of drug-likeness (QED) is 0.757. The molecule has 3 N–H and O–H groups in total. The van der Waals surface area contributed by atoms with Crippen molar-refractivity contribution < 1.29 is 9.53 Å². The summed E-state index contributed by atoms with van der Waals surface area (Å²) in [6, 6.07) is 5.24. The first-order valence-corrected chi connectivity index (χ1v) is 7.88. The third kappa shape index (κ3) is 4.96. The van der Waals surface area contributed by atoms with Gasteiger partial charge in [0.2, 0.25) is 5.91 Å². The van der Waals surface area contributed by atoms with E-state index in [4.69, 9.17) is 10.5 Å². The second-order valence-corrected chi connectivity index (χ2v) is 6.31. The van der Waals surface area contributed by atoms with Crippen molar-refractivity contribution in [2.24, 2.45) is 5.92 Å². The Morgan fingerprint density at radius 1 is 1.45 bits per heavy atom. The lowest BCUT2D eigenvalue weighted by molar-refractivity contribution is -0.115. The highest BCUT2D eigenvalue weighted by Crippen LogP contribution is 2.25. The first kappa shape index (κ1) is 16.7. The van der Waals surface area contributed by atoms with Crippen molar-refractivity contribution >= 4 is 29.0 Å². The smallest absolute Gasteiger partial charge is 0.237 e. The molecule has 0 saturated carbocycles. The predicted octanol–water partition coefficient (Wildman–Crippen LogP) is 3.38. The van der Waals surface area contributed by atoms with Gasteiger partial charge in [0.15, 0.2) is 0 Å². The number of carbonyl (C=O) groups is 1. The van der Waals surface area contributed by atoms with Gasteiger partial charge in [-0.2, -0.15) is 0 Å². The number of anilines is 2. The van der Waals surface area contributed by atoms with Crippen LogP contribution in [0.25, 0.3) is 0 Å². The highest BCUT2D eigenvalue weighted by Gasteiger charge is 2.15. The molecule has 2 unspecified atom stereocenters. The molecule has 0 saturated heterocycles. The van der Waals surface area contributed by atoms with Gasteiger partial charge in [-0.25, -0.2) is 0 Å². The molecule has 0 spiro atoms. The lowest BCUT2D eigenvalue weighted by Crippen LogP contribution is -2.24. The van der Waals surface area contributed by atoms with Crippen LogP contribution in [0.5, 0.6) is 5.75 Å². The summed E-state index contributed by atoms with van der Waals surface area (Å²) in [6.07, 6.45) is 1.13. The zero-order valence-corrected chi connectivity index (χ0v) is 13.4. The van der Waals surface area contributed by atoms with E-state index >= 15 is 0 Å². The van der Waals surface area contributed by atoms with Gasteiger partial charge >= 0.3 is 0 Å². The molecule has 112 valence electrons. The molecule has 1 aromatic rings. The Hall–Kier alpha value is -1.36. The molecule has 0 aliphatic rings. The molecule has 0 bridgehead atoms. The fourth-order valence-electron chi connectivity index (χ4n) is 1.52. The number of hydrogen-bond donors (Lipinski definition) is 2. The summed E-state index contributed by atoms with van der Waals surface area (Å²) in [5.41, 5.74) is 7.03. The molecule has 4 nitrogen and oxygen atoms in total. The van der Waals surface area contributed by atoms with Crippen LogP contribution < -0.4 is 15.8 Å². The zero-order valence-electron chi connectivity index (χ0n) is 12.6. The minimum atomic E-state index is -0.0921. The minimum absolute atomic E-state index is 0.0184. The molecule has 0 aliphatic carbocycles. The van der Waals surface area contributed by atoms with E-state index in [-0.39, 0.29) is 11.2 Å². The highest BCUT2D eigenvalue weighted by molar-refractivity contribution is 8.00. The maximum Gasteiger partial charge on any atom is 0.237 e. The van der Waals surface area contributed by atoms with Crippen LogP contribution in [0.4, 0.5) is 11.4 Å². The molecule has 5 heteroatoms. The Balaban J connectivity index is 2.57. The minimum Gasteiger partial charge on any atom is -0.497 e. The molecule has 0 aromatic heterocycles. The van der Waals surface area contributed by atoms with Crippen LogP contribution in [-0.4, -0.2) is 24.0 Å². The summed E-state index contributed by atoms with van der Waals surface area (Å²) in [5.74, 6) is 2.28. The Bertz CT molecular complexity index is 451. The van der Waals surface area contributed by atoms with Gasteiger partial charge in [-0.05, 0) is 30.7 Å². The van der Waals surface area contributed by atoms with E-state index < -0.39 is 0 Å². The van der Waals surface area contributed by atoms with Gasteiger partial charge in [0.1, 0.15) is 5.75 Å². The number of hydrogen-bond acceptors (Lipinski definition) is 4. The molecule has 1 amide bonds. The summed E-state index contributed by atoms with van der Waals surface area (Å²) in [7, 11) is 1.58.